The van der Waals surface area contributed by atoms with Gasteiger partial charge in [-0.25, -0.2) is 4.98 Å². The molecule has 4 heteroatoms. The molecule has 0 saturated carbocycles. The number of aromatic amines is 1. The van der Waals surface area contributed by atoms with Crippen LogP contribution >= 0.6 is 0 Å². The largest absolute Gasteiger partial charge is 0.310 e. The summed E-state index contributed by atoms with van der Waals surface area (Å²) in [7, 11) is 0. The van der Waals surface area contributed by atoms with Crippen molar-refractivity contribution in [3.05, 3.63) is 62.8 Å². The minimum absolute atomic E-state index is 0.0348. The third kappa shape index (κ3) is 3.33. The number of hydrogen-bond donors (Lipinski definition) is 2. The first-order valence-electron chi connectivity index (χ1n) is 6.83. The molecule has 1 aromatic heterocycles. The van der Waals surface area contributed by atoms with Crippen LogP contribution in [-0.2, 0) is 6.54 Å². The van der Waals surface area contributed by atoms with Gasteiger partial charge in [-0.3, -0.25) is 4.79 Å². The zero-order valence-corrected chi connectivity index (χ0v) is 12.4. The van der Waals surface area contributed by atoms with E-state index in [1.807, 2.05) is 19.9 Å². The first-order valence-corrected chi connectivity index (χ1v) is 6.83. The summed E-state index contributed by atoms with van der Waals surface area (Å²) in [6.45, 7) is 8.47. The summed E-state index contributed by atoms with van der Waals surface area (Å²) in [6, 6.07) is 8.31. The molecule has 1 aromatic carbocycles. The second kappa shape index (κ2) is 6.01. The Morgan fingerprint density at radius 3 is 2.70 bits per heavy atom. The van der Waals surface area contributed by atoms with Crippen molar-refractivity contribution in [3.63, 3.8) is 0 Å². The summed E-state index contributed by atoms with van der Waals surface area (Å²) in [5.41, 5.74) is 3.90. The number of hydrogen-bond acceptors (Lipinski definition) is 3. The first-order chi connectivity index (χ1) is 9.47. The molecule has 0 bridgehead atoms. The van der Waals surface area contributed by atoms with Crippen LogP contribution in [0.25, 0.3) is 0 Å². The SMILES string of the molecule is Cc1cccc(CNC(C)c2c(C)nc(C)[nH]c2=O)c1. The zero-order chi connectivity index (χ0) is 14.7. The molecule has 1 heterocycles. The molecule has 0 aliphatic carbocycles. The van der Waals surface area contributed by atoms with E-state index in [1.165, 1.54) is 11.1 Å². The van der Waals surface area contributed by atoms with E-state index in [4.69, 9.17) is 0 Å². The normalized spacial score (nSPS) is 12.4. The van der Waals surface area contributed by atoms with Gasteiger partial charge in [0.1, 0.15) is 5.82 Å². The molecule has 0 aliphatic heterocycles. The molecule has 2 rings (SSSR count). The molecular weight excluding hydrogens is 250 g/mol. The number of rotatable bonds is 4. The highest BCUT2D eigenvalue weighted by molar-refractivity contribution is 5.23. The molecule has 0 radical (unpaired) electrons. The number of nitrogens with one attached hydrogen (secondary N) is 2. The highest BCUT2D eigenvalue weighted by Crippen LogP contribution is 2.12. The molecule has 1 atom stereocenters. The lowest BCUT2D eigenvalue weighted by Crippen LogP contribution is -2.27. The van der Waals surface area contributed by atoms with E-state index in [0.29, 0.717) is 11.4 Å². The van der Waals surface area contributed by atoms with E-state index in [9.17, 15) is 4.79 Å². The van der Waals surface area contributed by atoms with Crippen molar-refractivity contribution in [3.8, 4) is 0 Å². The van der Waals surface area contributed by atoms with Gasteiger partial charge < -0.3 is 10.3 Å². The van der Waals surface area contributed by atoms with Crippen LogP contribution in [0.4, 0.5) is 0 Å². The van der Waals surface area contributed by atoms with Crippen LogP contribution in [0.5, 0.6) is 0 Å². The van der Waals surface area contributed by atoms with Crippen LogP contribution in [0.1, 0.15) is 41.2 Å². The van der Waals surface area contributed by atoms with Gasteiger partial charge in [0.2, 0.25) is 0 Å². The van der Waals surface area contributed by atoms with Gasteiger partial charge in [-0.2, -0.15) is 0 Å². The smallest absolute Gasteiger partial charge is 0.255 e. The lowest BCUT2D eigenvalue weighted by molar-refractivity contribution is 0.562. The maximum Gasteiger partial charge on any atom is 0.255 e. The molecule has 0 fully saturated rings. The molecule has 20 heavy (non-hydrogen) atoms. The van der Waals surface area contributed by atoms with Gasteiger partial charge in [0.25, 0.3) is 5.56 Å². The standard InChI is InChI=1S/C16H21N3O/c1-10-6-5-7-14(8-10)9-17-11(2)15-12(3)18-13(4)19-16(15)20/h5-8,11,17H,9H2,1-4H3,(H,18,19,20). The fourth-order valence-electron chi connectivity index (χ4n) is 2.44. The van der Waals surface area contributed by atoms with Crippen LogP contribution in [0.15, 0.2) is 29.1 Å². The van der Waals surface area contributed by atoms with E-state index in [0.717, 1.165) is 12.2 Å². The highest BCUT2D eigenvalue weighted by atomic mass is 16.1. The van der Waals surface area contributed by atoms with Crippen molar-refractivity contribution in [2.75, 3.05) is 0 Å². The summed E-state index contributed by atoms with van der Waals surface area (Å²) in [5.74, 6) is 0.655. The Kier molecular flexibility index (Phi) is 4.35. The molecule has 0 amide bonds. The molecule has 0 aliphatic rings. The van der Waals surface area contributed by atoms with E-state index >= 15 is 0 Å². The molecule has 106 valence electrons. The fraction of sp³-hybridized carbons (Fsp3) is 0.375. The molecule has 0 spiro atoms. The van der Waals surface area contributed by atoms with Crippen LogP contribution < -0.4 is 10.9 Å². The minimum atomic E-state index is -0.0563. The first kappa shape index (κ1) is 14.5. The van der Waals surface area contributed by atoms with Gasteiger partial charge in [0.15, 0.2) is 0 Å². The molecule has 4 nitrogen and oxygen atoms in total. The van der Waals surface area contributed by atoms with Crippen molar-refractivity contribution in [1.82, 2.24) is 15.3 Å². The van der Waals surface area contributed by atoms with Gasteiger partial charge in [0, 0.05) is 18.3 Å². The van der Waals surface area contributed by atoms with E-state index in [2.05, 4.69) is 40.4 Å². The third-order valence-electron chi connectivity index (χ3n) is 3.39. The molecule has 2 aromatic rings. The predicted octanol–water partition coefficient (Wildman–Crippen LogP) is 2.55. The van der Waals surface area contributed by atoms with Crippen LogP contribution in [0, 0.1) is 20.8 Å². The quantitative estimate of drug-likeness (QED) is 0.898. The Bertz CT molecular complexity index is 661. The van der Waals surface area contributed by atoms with Gasteiger partial charge in [0.05, 0.1) is 5.56 Å². The Balaban J connectivity index is 2.13. The maximum atomic E-state index is 12.0. The lowest BCUT2D eigenvalue weighted by Gasteiger charge is -2.15. The number of H-pyrrole nitrogens is 1. The van der Waals surface area contributed by atoms with Gasteiger partial charge in [-0.1, -0.05) is 29.8 Å². The van der Waals surface area contributed by atoms with Crippen LogP contribution in [-0.4, -0.2) is 9.97 Å². The van der Waals surface area contributed by atoms with E-state index < -0.39 is 0 Å². The second-order valence-electron chi connectivity index (χ2n) is 5.24. The van der Waals surface area contributed by atoms with Gasteiger partial charge in [-0.05, 0) is 33.3 Å². The van der Waals surface area contributed by atoms with E-state index in [-0.39, 0.29) is 11.6 Å². The van der Waals surface area contributed by atoms with Crippen molar-refractivity contribution in [2.24, 2.45) is 0 Å². The van der Waals surface area contributed by atoms with Crippen molar-refractivity contribution in [1.29, 1.82) is 0 Å². The average Bonchev–Trinajstić information content (AvgIpc) is 2.35. The minimum Gasteiger partial charge on any atom is -0.310 e. The van der Waals surface area contributed by atoms with Crippen molar-refractivity contribution < 1.29 is 0 Å². The van der Waals surface area contributed by atoms with Crippen LogP contribution in [0.3, 0.4) is 0 Å². The predicted molar refractivity (Wildman–Crippen MR) is 80.8 cm³/mol. The van der Waals surface area contributed by atoms with Crippen molar-refractivity contribution >= 4 is 0 Å². The number of aromatic nitrogens is 2. The maximum absolute atomic E-state index is 12.0. The molecule has 2 N–H and O–H groups in total. The summed E-state index contributed by atoms with van der Waals surface area (Å²) >= 11 is 0. The fourth-order valence-corrected chi connectivity index (χ4v) is 2.44. The number of aryl methyl sites for hydroxylation is 3. The molecule has 0 saturated heterocycles. The topological polar surface area (TPSA) is 57.8 Å². The second-order valence-corrected chi connectivity index (χ2v) is 5.24. The summed E-state index contributed by atoms with van der Waals surface area (Å²) in [6.07, 6.45) is 0. The Morgan fingerprint density at radius 1 is 1.30 bits per heavy atom. The summed E-state index contributed by atoms with van der Waals surface area (Å²) in [5, 5.41) is 3.38. The Hall–Kier alpha value is -1.94. The number of benzene rings is 1. The Labute approximate surface area is 119 Å². The molecular formula is C16H21N3O. The number of nitrogens with zero attached hydrogens (tertiary/aromatic N) is 1. The van der Waals surface area contributed by atoms with Gasteiger partial charge in [-0.15, -0.1) is 0 Å². The highest BCUT2D eigenvalue weighted by Gasteiger charge is 2.14. The lowest BCUT2D eigenvalue weighted by atomic mass is 10.1. The summed E-state index contributed by atoms with van der Waals surface area (Å²) < 4.78 is 0. The zero-order valence-electron chi connectivity index (χ0n) is 12.4. The van der Waals surface area contributed by atoms with Crippen LogP contribution in [0.2, 0.25) is 0 Å². The third-order valence-corrected chi connectivity index (χ3v) is 3.39. The monoisotopic (exact) mass is 271 g/mol. The van der Waals surface area contributed by atoms with E-state index in [1.54, 1.807) is 6.92 Å². The summed E-state index contributed by atoms with van der Waals surface area (Å²) in [4.78, 5) is 19.1. The molecule has 1 unspecified atom stereocenters. The average molecular weight is 271 g/mol. The van der Waals surface area contributed by atoms with Gasteiger partial charge >= 0.3 is 0 Å². The van der Waals surface area contributed by atoms with Crippen molar-refractivity contribution in [2.45, 2.75) is 40.3 Å². The Morgan fingerprint density at radius 2 is 2.05 bits per heavy atom.